The van der Waals surface area contributed by atoms with Crippen molar-refractivity contribution < 1.29 is 12.8 Å². The molecular weight excluding hydrogens is 394 g/mol. The molecule has 26 heavy (non-hydrogen) atoms. The Morgan fingerprint density at radius 1 is 1.15 bits per heavy atom. The van der Waals surface area contributed by atoms with Crippen molar-refractivity contribution in [3.05, 3.63) is 58.6 Å². The minimum atomic E-state index is -3.82. The van der Waals surface area contributed by atoms with Crippen molar-refractivity contribution in [2.75, 3.05) is 4.72 Å². The molecule has 2 aromatic carbocycles. The van der Waals surface area contributed by atoms with Crippen LogP contribution in [0.15, 0.2) is 58.0 Å². The van der Waals surface area contributed by atoms with Gasteiger partial charge in [0.25, 0.3) is 10.0 Å². The van der Waals surface area contributed by atoms with Gasteiger partial charge in [0, 0.05) is 21.7 Å². The van der Waals surface area contributed by atoms with E-state index in [1.165, 1.54) is 12.1 Å². The first-order valence-corrected chi connectivity index (χ1v) is 10.2. The molecule has 0 aliphatic heterocycles. The predicted octanol–water partition coefficient (Wildman–Crippen LogP) is 4.71. The number of fused-ring (bicyclic) bond motifs is 1. The summed E-state index contributed by atoms with van der Waals surface area (Å²) in [6.07, 6.45) is 1.78. The Morgan fingerprint density at radius 2 is 1.92 bits per heavy atom. The Balaban J connectivity index is 1.61. The van der Waals surface area contributed by atoms with Crippen molar-refractivity contribution in [3.63, 3.8) is 0 Å². The maximum absolute atomic E-state index is 12.5. The van der Waals surface area contributed by atoms with Crippen LogP contribution in [0.5, 0.6) is 0 Å². The first kappa shape index (κ1) is 17.0. The van der Waals surface area contributed by atoms with Crippen LogP contribution in [-0.4, -0.2) is 18.4 Å². The molecule has 0 atom stereocenters. The van der Waals surface area contributed by atoms with E-state index in [9.17, 15) is 8.42 Å². The number of rotatable bonds is 4. The fourth-order valence-corrected chi connectivity index (χ4v) is 4.25. The third-order valence-corrected chi connectivity index (χ3v) is 6.14. The lowest BCUT2D eigenvalue weighted by atomic mass is 10.2. The monoisotopic (exact) mass is 405 g/mol. The molecule has 0 aliphatic carbocycles. The number of aromatic nitrogens is 2. The smallest absolute Gasteiger partial charge is 0.309 e. The largest absolute Gasteiger partial charge is 0.423 e. The van der Waals surface area contributed by atoms with E-state index in [-0.39, 0.29) is 10.9 Å². The van der Waals surface area contributed by atoms with Crippen LogP contribution in [0.25, 0.3) is 21.7 Å². The number of oxazole rings is 1. The van der Waals surface area contributed by atoms with Gasteiger partial charge in [0.05, 0.1) is 4.90 Å². The Labute approximate surface area is 158 Å². The number of hydrogen-bond donors (Lipinski definition) is 1. The van der Waals surface area contributed by atoms with E-state index in [0.717, 1.165) is 15.4 Å². The number of benzene rings is 2. The number of aryl methyl sites for hydroxylation is 1. The molecule has 2 aromatic heterocycles. The van der Waals surface area contributed by atoms with Gasteiger partial charge in [-0.05, 0) is 37.3 Å². The van der Waals surface area contributed by atoms with Crippen LogP contribution < -0.4 is 4.72 Å². The van der Waals surface area contributed by atoms with E-state index in [0.29, 0.717) is 16.1 Å². The summed E-state index contributed by atoms with van der Waals surface area (Å²) < 4.78 is 32.8. The zero-order valence-electron chi connectivity index (χ0n) is 13.4. The van der Waals surface area contributed by atoms with E-state index < -0.39 is 10.0 Å². The lowest BCUT2D eigenvalue weighted by Crippen LogP contribution is -2.13. The van der Waals surface area contributed by atoms with Gasteiger partial charge in [0.1, 0.15) is 10.5 Å². The molecular formula is C17H12ClN3O3S2. The van der Waals surface area contributed by atoms with Crippen molar-refractivity contribution in [1.29, 1.82) is 0 Å². The van der Waals surface area contributed by atoms with Gasteiger partial charge < -0.3 is 4.42 Å². The third-order valence-electron chi connectivity index (χ3n) is 3.60. The molecule has 0 bridgehead atoms. The van der Waals surface area contributed by atoms with Gasteiger partial charge >= 0.3 is 6.01 Å². The average Bonchev–Trinajstić information content (AvgIpc) is 3.19. The summed E-state index contributed by atoms with van der Waals surface area (Å²) in [5, 5.41) is 1.34. The number of sulfonamides is 1. The zero-order chi connectivity index (χ0) is 18.3. The van der Waals surface area contributed by atoms with E-state index in [4.69, 9.17) is 16.0 Å². The van der Waals surface area contributed by atoms with Crippen LogP contribution in [0, 0.1) is 6.92 Å². The van der Waals surface area contributed by atoms with E-state index in [1.807, 2.05) is 6.92 Å². The molecule has 0 unspecified atom stereocenters. The first-order valence-electron chi connectivity index (χ1n) is 7.52. The van der Waals surface area contributed by atoms with Gasteiger partial charge in [-0.1, -0.05) is 23.7 Å². The van der Waals surface area contributed by atoms with Gasteiger partial charge in [-0.3, -0.25) is 0 Å². The molecule has 0 fully saturated rings. The van der Waals surface area contributed by atoms with Crippen LogP contribution in [0.2, 0.25) is 5.02 Å². The first-order chi connectivity index (χ1) is 12.4. The fraction of sp³-hybridized carbons (Fsp3) is 0.0588. The SMILES string of the molecule is Cc1cnc(-c2ccc(S(=O)(=O)Nc3nc4cc(Cl)ccc4o3)cc2)s1. The Kier molecular flexibility index (Phi) is 4.18. The summed E-state index contributed by atoms with van der Waals surface area (Å²) in [5.41, 5.74) is 1.78. The maximum Gasteiger partial charge on any atom is 0.309 e. The highest BCUT2D eigenvalue weighted by Crippen LogP contribution is 2.27. The number of nitrogens with zero attached hydrogens (tertiary/aromatic N) is 2. The summed E-state index contributed by atoms with van der Waals surface area (Å²) in [6, 6.07) is 11.3. The van der Waals surface area contributed by atoms with Crippen LogP contribution >= 0.6 is 22.9 Å². The molecule has 0 saturated carbocycles. The highest BCUT2D eigenvalue weighted by atomic mass is 35.5. The van der Waals surface area contributed by atoms with Crippen molar-refractivity contribution in [1.82, 2.24) is 9.97 Å². The summed E-state index contributed by atoms with van der Waals surface area (Å²) >= 11 is 7.45. The molecule has 0 aliphatic rings. The second-order valence-electron chi connectivity index (χ2n) is 5.54. The molecule has 0 amide bonds. The molecule has 0 saturated heterocycles. The topological polar surface area (TPSA) is 85.1 Å². The van der Waals surface area contributed by atoms with Gasteiger partial charge in [0.2, 0.25) is 0 Å². The summed E-state index contributed by atoms with van der Waals surface area (Å²) in [5.74, 6) is 0. The lowest BCUT2D eigenvalue weighted by molar-refractivity contribution is 0.591. The van der Waals surface area contributed by atoms with Crippen molar-refractivity contribution in [3.8, 4) is 10.6 Å². The van der Waals surface area contributed by atoms with E-state index in [1.54, 1.807) is 47.9 Å². The number of hydrogen-bond acceptors (Lipinski definition) is 6. The van der Waals surface area contributed by atoms with E-state index in [2.05, 4.69) is 14.7 Å². The summed E-state index contributed by atoms with van der Waals surface area (Å²) in [7, 11) is -3.82. The normalized spacial score (nSPS) is 11.8. The van der Waals surface area contributed by atoms with Gasteiger partial charge in [-0.25, -0.2) is 18.1 Å². The quantitative estimate of drug-likeness (QED) is 0.531. The minimum Gasteiger partial charge on any atom is -0.423 e. The highest BCUT2D eigenvalue weighted by Gasteiger charge is 2.18. The van der Waals surface area contributed by atoms with Crippen molar-refractivity contribution in [2.24, 2.45) is 0 Å². The second kappa shape index (κ2) is 6.39. The zero-order valence-corrected chi connectivity index (χ0v) is 15.8. The molecule has 6 nitrogen and oxygen atoms in total. The fourth-order valence-electron chi connectivity index (χ4n) is 2.38. The van der Waals surface area contributed by atoms with E-state index >= 15 is 0 Å². The molecule has 0 radical (unpaired) electrons. The molecule has 2 heterocycles. The second-order valence-corrected chi connectivity index (χ2v) is 8.89. The predicted molar refractivity (Wildman–Crippen MR) is 102 cm³/mol. The summed E-state index contributed by atoms with van der Waals surface area (Å²) in [6.45, 7) is 1.97. The minimum absolute atomic E-state index is 0.106. The van der Waals surface area contributed by atoms with Crippen LogP contribution in [0.1, 0.15) is 4.88 Å². The van der Waals surface area contributed by atoms with Crippen LogP contribution in [0.4, 0.5) is 6.01 Å². The number of anilines is 1. The number of nitrogens with one attached hydrogen (secondary N) is 1. The third kappa shape index (κ3) is 3.31. The number of thiazole rings is 1. The van der Waals surface area contributed by atoms with Crippen LogP contribution in [-0.2, 0) is 10.0 Å². The molecule has 0 spiro atoms. The maximum atomic E-state index is 12.5. The Bertz CT molecular complexity index is 1200. The molecule has 4 rings (SSSR count). The summed E-state index contributed by atoms with van der Waals surface area (Å²) in [4.78, 5) is 9.60. The molecule has 1 N–H and O–H groups in total. The van der Waals surface area contributed by atoms with Gasteiger partial charge in [-0.2, -0.15) is 4.98 Å². The lowest BCUT2D eigenvalue weighted by Gasteiger charge is -2.05. The van der Waals surface area contributed by atoms with Gasteiger partial charge in [-0.15, -0.1) is 11.3 Å². The molecule has 9 heteroatoms. The Morgan fingerprint density at radius 3 is 2.62 bits per heavy atom. The molecule has 132 valence electrons. The number of halogens is 1. The standard InChI is InChI=1S/C17H12ClN3O3S2/c1-10-9-19-16(25-10)11-2-5-13(6-3-11)26(22,23)21-17-20-14-8-12(18)4-7-15(14)24-17/h2-9H,1H3,(H,20,21). The van der Waals surface area contributed by atoms with Crippen molar-refractivity contribution in [2.45, 2.75) is 11.8 Å². The molecule has 4 aromatic rings. The highest BCUT2D eigenvalue weighted by molar-refractivity contribution is 7.92. The van der Waals surface area contributed by atoms with Gasteiger partial charge in [0.15, 0.2) is 5.58 Å². The van der Waals surface area contributed by atoms with Crippen LogP contribution in [0.3, 0.4) is 0 Å². The Hall–Kier alpha value is -2.42. The average molecular weight is 406 g/mol. The van der Waals surface area contributed by atoms with Crippen molar-refractivity contribution >= 4 is 50.1 Å².